The molecule has 2 atom stereocenters. The van der Waals surface area contributed by atoms with Gasteiger partial charge in [0.15, 0.2) is 0 Å². The Balaban J connectivity index is 3.92. The minimum absolute atomic E-state index is 0.0301. The average molecular weight is 161 g/mol. The number of thiol groups is 1. The van der Waals surface area contributed by atoms with Crippen molar-refractivity contribution in [2.75, 3.05) is 12.8 Å². The van der Waals surface area contributed by atoms with Crippen LogP contribution >= 0.6 is 12.6 Å². The number of nitrogens with one attached hydrogen (secondary N) is 1. The predicted molar refractivity (Wildman–Crippen MR) is 46.5 cm³/mol. The van der Waals surface area contributed by atoms with Gasteiger partial charge in [-0.1, -0.05) is 6.92 Å². The molecule has 60 valence electrons. The van der Waals surface area contributed by atoms with Gasteiger partial charge in [-0.15, -0.1) is 0 Å². The molecule has 0 aliphatic rings. The van der Waals surface area contributed by atoms with Gasteiger partial charge < -0.3 is 5.32 Å². The van der Waals surface area contributed by atoms with Crippen LogP contribution in [0.4, 0.5) is 0 Å². The Kier molecular flexibility index (Phi) is 4.73. The van der Waals surface area contributed by atoms with E-state index in [1.165, 1.54) is 0 Å². The molecule has 0 radical (unpaired) electrons. The zero-order valence-corrected chi connectivity index (χ0v) is 7.61. The fourth-order valence-corrected chi connectivity index (χ4v) is 1.20. The molecule has 0 bridgehead atoms. The third kappa shape index (κ3) is 2.71. The molecule has 0 saturated heterocycles. The van der Waals surface area contributed by atoms with Crippen LogP contribution < -0.4 is 5.32 Å². The highest BCUT2D eigenvalue weighted by atomic mass is 32.1. The second-order valence-electron chi connectivity index (χ2n) is 2.54. The number of Topliss-reactive ketones (excluding diaryl/α,β-unsaturated/α-hetero) is 1. The molecule has 0 heterocycles. The molecule has 10 heavy (non-hydrogen) atoms. The topological polar surface area (TPSA) is 29.1 Å². The molecule has 3 heteroatoms. The van der Waals surface area contributed by atoms with Gasteiger partial charge >= 0.3 is 0 Å². The fourth-order valence-electron chi connectivity index (χ4n) is 0.994. The summed E-state index contributed by atoms with van der Waals surface area (Å²) in [6.07, 6.45) is 0. The highest BCUT2D eigenvalue weighted by molar-refractivity contribution is 7.80. The van der Waals surface area contributed by atoms with Gasteiger partial charge in [0.05, 0.1) is 6.04 Å². The van der Waals surface area contributed by atoms with Crippen LogP contribution in [0.15, 0.2) is 0 Å². The van der Waals surface area contributed by atoms with E-state index in [0.717, 1.165) is 5.75 Å². The molecule has 0 unspecified atom stereocenters. The van der Waals surface area contributed by atoms with E-state index >= 15 is 0 Å². The van der Waals surface area contributed by atoms with Crippen molar-refractivity contribution in [3.05, 3.63) is 0 Å². The molecule has 0 aromatic rings. The van der Waals surface area contributed by atoms with Crippen molar-refractivity contribution in [2.45, 2.75) is 19.9 Å². The van der Waals surface area contributed by atoms with Crippen molar-refractivity contribution in [1.29, 1.82) is 0 Å². The molecule has 2 nitrogen and oxygen atoms in total. The third-order valence-electron chi connectivity index (χ3n) is 1.61. The number of carbonyl (C=O) groups is 1. The highest BCUT2D eigenvalue weighted by Crippen LogP contribution is 2.04. The van der Waals surface area contributed by atoms with Gasteiger partial charge in [-0.3, -0.25) is 4.79 Å². The number of rotatable bonds is 4. The average Bonchev–Trinajstić information content (AvgIpc) is 1.88. The lowest BCUT2D eigenvalue weighted by atomic mass is 10.0. The summed E-state index contributed by atoms with van der Waals surface area (Å²) in [5.74, 6) is 1.24. The van der Waals surface area contributed by atoms with Gasteiger partial charge in [-0.05, 0) is 25.6 Å². The Morgan fingerprint density at radius 2 is 2.20 bits per heavy atom. The minimum Gasteiger partial charge on any atom is -0.310 e. The summed E-state index contributed by atoms with van der Waals surface area (Å²) < 4.78 is 0. The fraction of sp³-hybridized carbons (Fsp3) is 0.857. The largest absolute Gasteiger partial charge is 0.310 e. The second kappa shape index (κ2) is 4.74. The van der Waals surface area contributed by atoms with Gasteiger partial charge in [-0.2, -0.15) is 12.6 Å². The lowest BCUT2D eigenvalue weighted by Crippen LogP contribution is -2.39. The molecule has 0 fully saturated rings. The Morgan fingerprint density at radius 1 is 1.70 bits per heavy atom. The van der Waals surface area contributed by atoms with Crippen LogP contribution in [0.3, 0.4) is 0 Å². The van der Waals surface area contributed by atoms with E-state index < -0.39 is 0 Å². The Labute approximate surface area is 67.8 Å². The maximum absolute atomic E-state index is 10.9. The van der Waals surface area contributed by atoms with Crippen LogP contribution in [-0.4, -0.2) is 24.6 Å². The maximum atomic E-state index is 10.9. The molecule has 0 spiro atoms. The minimum atomic E-state index is -0.0301. The van der Waals surface area contributed by atoms with Gasteiger partial charge in [0.2, 0.25) is 0 Å². The second-order valence-corrected chi connectivity index (χ2v) is 2.90. The van der Waals surface area contributed by atoms with Crippen molar-refractivity contribution in [3.63, 3.8) is 0 Å². The highest BCUT2D eigenvalue weighted by Gasteiger charge is 2.17. The summed E-state index contributed by atoms with van der Waals surface area (Å²) >= 11 is 4.11. The first-order chi connectivity index (χ1) is 4.63. The number of likely N-dealkylation sites (N-methyl/N-ethyl adjacent to an activating group) is 1. The van der Waals surface area contributed by atoms with E-state index in [1.54, 1.807) is 14.0 Å². The normalized spacial score (nSPS) is 16.4. The van der Waals surface area contributed by atoms with E-state index in [2.05, 4.69) is 17.9 Å². The van der Waals surface area contributed by atoms with Crippen LogP contribution in [0.25, 0.3) is 0 Å². The molecule has 0 saturated carbocycles. The van der Waals surface area contributed by atoms with E-state index in [0.29, 0.717) is 5.92 Å². The van der Waals surface area contributed by atoms with E-state index in [-0.39, 0.29) is 11.8 Å². The lowest BCUT2D eigenvalue weighted by Gasteiger charge is -2.18. The van der Waals surface area contributed by atoms with Crippen molar-refractivity contribution in [2.24, 2.45) is 5.92 Å². The molecule has 1 N–H and O–H groups in total. The molecule has 0 aliphatic carbocycles. The van der Waals surface area contributed by atoms with Gasteiger partial charge in [0.25, 0.3) is 0 Å². The third-order valence-corrected chi connectivity index (χ3v) is 2.18. The standard InChI is InChI=1S/C7H15NOS/c1-5(4-10)7(8-3)6(2)9/h5,7-8,10H,4H2,1-3H3/t5-,7-/m0/s1. The number of ketones is 1. The van der Waals surface area contributed by atoms with Crippen molar-refractivity contribution in [3.8, 4) is 0 Å². The molecule has 0 aromatic carbocycles. The quantitative estimate of drug-likeness (QED) is 0.595. The van der Waals surface area contributed by atoms with Crippen molar-refractivity contribution >= 4 is 18.4 Å². The summed E-state index contributed by atoms with van der Waals surface area (Å²) in [5.41, 5.74) is 0. The molecular weight excluding hydrogens is 146 g/mol. The predicted octanol–water partition coefficient (Wildman–Crippen LogP) is 0.729. The summed E-state index contributed by atoms with van der Waals surface area (Å²) in [6.45, 7) is 3.61. The van der Waals surface area contributed by atoms with E-state index in [9.17, 15) is 4.79 Å². The van der Waals surface area contributed by atoms with Crippen LogP contribution in [0.1, 0.15) is 13.8 Å². The summed E-state index contributed by atoms with van der Waals surface area (Å²) in [5, 5.41) is 2.95. The van der Waals surface area contributed by atoms with Crippen molar-refractivity contribution < 1.29 is 4.79 Å². The maximum Gasteiger partial charge on any atom is 0.146 e. The number of carbonyl (C=O) groups excluding carboxylic acids is 1. The Hall–Kier alpha value is -0.0200. The van der Waals surface area contributed by atoms with Crippen LogP contribution in [-0.2, 0) is 4.79 Å². The molecule has 0 amide bonds. The van der Waals surface area contributed by atoms with Crippen LogP contribution in [0.5, 0.6) is 0 Å². The first kappa shape index (κ1) is 9.98. The van der Waals surface area contributed by atoms with Gasteiger partial charge in [0, 0.05) is 0 Å². The zero-order valence-electron chi connectivity index (χ0n) is 6.72. The lowest BCUT2D eigenvalue weighted by molar-refractivity contribution is -0.119. The zero-order chi connectivity index (χ0) is 8.15. The van der Waals surface area contributed by atoms with Crippen molar-refractivity contribution in [1.82, 2.24) is 5.32 Å². The van der Waals surface area contributed by atoms with E-state index in [1.807, 2.05) is 6.92 Å². The SMILES string of the molecule is CN[C@H](C(C)=O)[C@@H](C)CS. The molecule has 0 aliphatic heterocycles. The number of hydrogen-bond donors (Lipinski definition) is 2. The number of hydrogen-bond acceptors (Lipinski definition) is 3. The Morgan fingerprint density at radius 3 is 2.30 bits per heavy atom. The summed E-state index contributed by atoms with van der Waals surface area (Å²) in [4.78, 5) is 10.9. The Bertz CT molecular complexity index is 116. The van der Waals surface area contributed by atoms with E-state index in [4.69, 9.17) is 0 Å². The molecule has 0 rings (SSSR count). The van der Waals surface area contributed by atoms with Gasteiger partial charge in [-0.25, -0.2) is 0 Å². The van der Waals surface area contributed by atoms with Gasteiger partial charge in [0.1, 0.15) is 5.78 Å². The first-order valence-electron chi connectivity index (χ1n) is 3.42. The first-order valence-corrected chi connectivity index (χ1v) is 4.05. The van der Waals surface area contributed by atoms with Crippen LogP contribution in [0, 0.1) is 5.92 Å². The summed E-state index contributed by atoms with van der Waals surface area (Å²) in [6, 6.07) is -0.0301. The monoisotopic (exact) mass is 161 g/mol. The summed E-state index contributed by atoms with van der Waals surface area (Å²) in [7, 11) is 1.80. The smallest absolute Gasteiger partial charge is 0.146 e. The molecular formula is C7H15NOS. The van der Waals surface area contributed by atoms with Crippen LogP contribution in [0.2, 0.25) is 0 Å². The molecule has 0 aromatic heterocycles.